The first-order valence-corrected chi connectivity index (χ1v) is 11.8. The van der Waals surface area contributed by atoms with Crippen LogP contribution in [0, 0.1) is 0 Å². The van der Waals surface area contributed by atoms with E-state index >= 15 is 0 Å². The molecule has 4 heterocycles. The lowest BCUT2D eigenvalue weighted by atomic mass is 9.96. The van der Waals surface area contributed by atoms with Crippen LogP contribution in [-0.4, -0.2) is 50.0 Å². The van der Waals surface area contributed by atoms with Crippen LogP contribution in [0.5, 0.6) is 0 Å². The van der Waals surface area contributed by atoms with Gasteiger partial charge in [0.05, 0.1) is 23.9 Å². The van der Waals surface area contributed by atoms with Crippen LogP contribution in [0.2, 0.25) is 5.02 Å². The highest BCUT2D eigenvalue weighted by atomic mass is 35.5. The molecular formula is C25H22ClF3N6O2. The monoisotopic (exact) mass is 530 g/mol. The maximum absolute atomic E-state index is 13.7. The van der Waals surface area contributed by atoms with Gasteiger partial charge >= 0.3 is 6.18 Å². The molecule has 0 radical (unpaired) electrons. The molecule has 1 amide bonds. The van der Waals surface area contributed by atoms with Crippen LogP contribution >= 0.6 is 11.6 Å². The third-order valence-electron chi connectivity index (χ3n) is 6.39. The van der Waals surface area contributed by atoms with Gasteiger partial charge in [-0.15, -0.1) is 0 Å². The number of H-pyrrole nitrogens is 1. The number of amides is 1. The Morgan fingerprint density at radius 3 is 2.78 bits per heavy atom. The summed E-state index contributed by atoms with van der Waals surface area (Å²) in [4.78, 5) is 19.7. The molecule has 3 aromatic heterocycles. The summed E-state index contributed by atoms with van der Waals surface area (Å²) < 4.78 is 42.7. The third-order valence-corrected chi connectivity index (χ3v) is 6.63. The van der Waals surface area contributed by atoms with Crippen molar-refractivity contribution in [2.24, 2.45) is 5.73 Å². The molecular weight excluding hydrogens is 509 g/mol. The van der Waals surface area contributed by atoms with Crippen molar-refractivity contribution < 1.29 is 23.1 Å². The number of nitrogens with zero attached hydrogens (tertiary/aromatic N) is 3. The van der Waals surface area contributed by atoms with Gasteiger partial charge in [0.15, 0.2) is 0 Å². The Bertz CT molecular complexity index is 1510. The minimum absolute atomic E-state index is 0.0355. The lowest BCUT2D eigenvalue weighted by Crippen LogP contribution is -2.41. The molecule has 5 N–H and O–H groups in total. The molecule has 1 saturated heterocycles. The molecule has 2 unspecified atom stereocenters. The Hall–Kier alpha value is -3.67. The summed E-state index contributed by atoms with van der Waals surface area (Å²) in [5, 5.41) is 18.6. The summed E-state index contributed by atoms with van der Waals surface area (Å²) >= 11 is 5.96. The zero-order chi connectivity index (χ0) is 26.3. The second kappa shape index (κ2) is 9.66. The molecule has 1 aliphatic heterocycles. The number of aliphatic hydroxyl groups excluding tert-OH is 1. The highest BCUT2D eigenvalue weighted by molar-refractivity contribution is 6.31. The average Bonchev–Trinajstić information content (AvgIpc) is 3.49. The van der Waals surface area contributed by atoms with Gasteiger partial charge in [-0.2, -0.15) is 18.3 Å². The third kappa shape index (κ3) is 4.97. The van der Waals surface area contributed by atoms with Crippen LogP contribution in [-0.2, 0) is 11.0 Å². The Balaban J connectivity index is 1.56. The number of fused-ring (bicyclic) bond motifs is 1. The molecule has 12 heteroatoms. The molecule has 1 aliphatic rings. The van der Waals surface area contributed by atoms with E-state index in [1.807, 2.05) is 6.20 Å². The van der Waals surface area contributed by atoms with E-state index < -0.39 is 29.3 Å². The standard InChI is InChI=1S/C25H22ClF3N6O2/c26-16-1-2-20(25(27,28)29)18(7-16)19(23(30)37)6-14-9-33-24-17(14)5-13(8-32-24)15-10-34-35(12-15)21-11-31-4-3-22(21)36/h1-2,5-10,12,21-22,31,36H,3-4,11H2,(H2,30,37)(H,32,33). The maximum Gasteiger partial charge on any atom is 0.417 e. The molecule has 8 nitrogen and oxygen atoms in total. The number of rotatable bonds is 5. The fourth-order valence-electron chi connectivity index (χ4n) is 4.49. The van der Waals surface area contributed by atoms with E-state index in [0.717, 1.165) is 30.3 Å². The van der Waals surface area contributed by atoms with Gasteiger partial charge in [-0.3, -0.25) is 9.48 Å². The fourth-order valence-corrected chi connectivity index (χ4v) is 4.66. The summed E-state index contributed by atoms with van der Waals surface area (Å²) in [7, 11) is 0. The van der Waals surface area contributed by atoms with Crippen LogP contribution < -0.4 is 11.1 Å². The molecule has 0 aliphatic carbocycles. The van der Waals surface area contributed by atoms with Crippen molar-refractivity contribution in [3.63, 3.8) is 0 Å². The van der Waals surface area contributed by atoms with Crippen LogP contribution in [0.3, 0.4) is 0 Å². The van der Waals surface area contributed by atoms with Crippen LogP contribution in [0.15, 0.2) is 49.1 Å². The quantitative estimate of drug-likeness (QED) is 0.290. The summed E-state index contributed by atoms with van der Waals surface area (Å²) in [5.41, 5.74) is 6.08. The van der Waals surface area contributed by atoms with E-state index in [0.29, 0.717) is 35.1 Å². The summed E-state index contributed by atoms with van der Waals surface area (Å²) in [6, 6.07) is 4.59. The average molecular weight is 531 g/mol. The van der Waals surface area contributed by atoms with E-state index in [1.54, 1.807) is 23.1 Å². The zero-order valence-corrected chi connectivity index (χ0v) is 20.0. The fraction of sp³-hybridized carbons (Fsp3) is 0.240. The van der Waals surface area contributed by atoms with E-state index in [4.69, 9.17) is 17.3 Å². The Morgan fingerprint density at radius 1 is 1.24 bits per heavy atom. The molecule has 192 valence electrons. The lowest BCUT2D eigenvalue weighted by Gasteiger charge is -2.28. The van der Waals surface area contributed by atoms with Crippen molar-refractivity contribution in [2.45, 2.75) is 24.7 Å². The molecule has 2 atom stereocenters. The Labute approximate surface area is 213 Å². The van der Waals surface area contributed by atoms with Gasteiger partial charge < -0.3 is 21.1 Å². The Morgan fingerprint density at radius 2 is 2.05 bits per heavy atom. The number of benzene rings is 1. The number of halogens is 4. The number of aromatic nitrogens is 4. The van der Waals surface area contributed by atoms with E-state index in [2.05, 4.69) is 20.4 Å². The molecule has 0 saturated carbocycles. The number of aliphatic hydroxyl groups is 1. The van der Waals surface area contributed by atoms with Crippen molar-refractivity contribution in [3.8, 4) is 11.1 Å². The SMILES string of the molecule is NC(=O)C(=Cc1c[nH]c2ncc(-c3cnn(C4CNCCC4O)c3)cc12)c1cc(Cl)ccc1C(F)(F)F. The molecule has 5 rings (SSSR count). The predicted octanol–water partition coefficient (Wildman–Crippen LogP) is 4.02. The minimum atomic E-state index is -4.72. The normalized spacial score (nSPS) is 18.9. The van der Waals surface area contributed by atoms with Gasteiger partial charge in [0, 0.05) is 63.4 Å². The number of alkyl halides is 3. The maximum atomic E-state index is 13.7. The molecule has 1 fully saturated rings. The second-order valence-electron chi connectivity index (χ2n) is 8.81. The van der Waals surface area contributed by atoms with Crippen molar-refractivity contribution >= 4 is 40.2 Å². The zero-order valence-electron chi connectivity index (χ0n) is 19.3. The highest BCUT2D eigenvalue weighted by Crippen LogP contribution is 2.37. The number of carbonyl (C=O) groups is 1. The summed E-state index contributed by atoms with van der Waals surface area (Å²) in [6.45, 7) is 1.33. The molecule has 4 aromatic rings. The van der Waals surface area contributed by atoms with Gasteiger partial charge in [0.25, 0.3) is 0 Å². The van der Waals surface area contributed by atoms with Crippen LogP contribution in [0.1, 0.15) is 29.2 Å². The number of hydrogen-bond donors (Lipinski definition) is 4. The van der Waals surface area contributed by atoms with Crippen molar-refractivity contribution in [1.82, 2.24) is 25.1 Å². The number of primary amides is 1. The number of pyridine rings is 1. The number of nitrogens with one attached hydrogen (secondary N) is 2. The topological polar surface area (TPSA) is 122 Å². The van der Waals surface area contributed by atoms with E-state index in [-0.39, 0.29) is 16.6 Å². The van der Waals surface area contributed by atoms with Crippen molar-refractivity contribution in [3.05, 3.63) is 70.8 Å². The highest BCUT2D eigenvalue weighted by Gasteiger charge is 2.35. The Kier molecular flexibility index (Phi) is 6.52. The summed E-state index contributed by atoms with van der Waals surface area (Å²) in [6.07, 6.45) is 3.32. The van der Waals surface area contributed by atoms with Crippen molar-refractivity contribution in [2.75, 3.05) is 13.1 Å². The molecule has 37 heavy (non-hydrogen) atoms. The number of hydrogen-bond acceptors (Lipinski definition) is 5. The van der Waals surface area contributed by atoms with Gasteiger partial charge in [-0.1, -0.05) is 11.6 Å². The number of piperidine rings is 1. The number of aromatic amines is 1. The molecule has 0 spiro atoms. The minimum Gasteiger partial charge on any atom is -0.391 e. The predicted molar refractivity (Wildman–Crippen MR) is 133 cm³/mol. The van der Waals surface area contributed by atoms with E-state index in [1.165, 1.54) is 12.3 Å². The van der Waals surface area contributed by atoms with Gasteiger partial charge in [-0.25, -0.2) is 4.98 Å². The van der Waals surface area contributed by atoms with Gasteiger partial charge in [-0.05, 0) is 43.3 Å². The van der Waals surface area contributed by atoms with Crippen LogP contribution in [0.25, 0.3) is 33.8 Å². The molecule has 1 aromatic carbocycles. The second-order valence-corrected chi connectivity index (χ2v) is 9.25. The smallest absolute Gasteiger partial charge is 0.391 e. The van der Waals surface area contributed by atoms with Crippen LogP contribution in [0.4, 0.5) is 13.2 Å². The largest absolute Gasteiger partial charge is 0.417 e. The first-order valence-electron chi connectivity index (χ1n) is 11.4. The first kappa shape index (κ1) is 25.0. The lowest BCUT2D eigenvalue weighted by molar-refractivity contribution is -0.137. The van der Waals surface area contributed by atoms with Gasteiger partial charge in [0.2, 0.25) is 5.91 Å². The van der Waals surface area contributed by atoms with Gasteiger partial charge in [0.1, 0.15) is 5.65 Å². The van der Waals surface area contributed by atoms with E-state index in [9.17, 15) is 23.1 Å². The number of nitrogens with two attached hydrogens (primary N) is 1. The number of carbonyl (C=O) groups excluding carboxylic acids is 1. The molecule has 0 bridgehead atoms. The first-order chi connectivity index (χ1) is 17.6. The van der Waals surface area contributed by atoms with Crippen molar-refractivity contribution in [1.29, 1.82) is 0 Å². The summed E-state index contributed by atoms with van der Waals surface area (Å²) in [5.74, 6) is -1.04.